The maximum atomic E-state index is 12.8. The molecular weight excluding hydrogens is 387 g/mol. The number of benzene rings is 1. The number of carbonyl (C=O) groups excluding carboxylic acids is 1. The minimum atomic E-state index is -4.38. The van der Waals surface area contributed by atoms with Crippen LogP contribution in [0.15, 0.2) is 35.5 Å². The molecule has 0 radical (unpaired) electrons. The fourth-order valence-corrected chi connectivity index (χ4v) is 3.62. The number of halogens is 3. The van der Waals surface area contributed by atoms with Gasteiger partial charge in [-0.3, -0.25) is 4.57 Å². The van der Waals surface area contributed by atoms with Crippen molar-refractivity contribution in [3.63, 3.8) is 0 Å². The number of hydrogen-bond acceptors (Lipinski definition) is 2. The lowest BCUT2D eigenvalue weighted by molar-refractivity contribution is -0.137. The molecule has 2 rings (SSSR count). The Labute approximate surface area is 167 Å². The lowest BCUT2D eigenvalue weighted by atomic mass is 10.1. The maximum Gasteiger partial charge on any atom is 0.416 e. The molecule has 0 aliphatic rings. The van der Waals surface area contributed by atoms with Crippen LogP contribution >= 0.6 is 11.3 Å². The van der Waals surface area contributed by atoms with Crippen molar-refractivity contribution in [2.24, 2.45) is 16.8 Å². The molecule has 0 aliphatic carbocycles. The van der Waals surface area contributed by atoms with Gasteiger partial charge in [0.1, 0.15) is 0 Å². The summed E-state index contributed by atoms with van der Waals surface area (Å²) in [5, 5.41) is 0. The highest BCUT2D eigenvalue weighted by atomic mass is 32.1. The van der Waals surface area contributed by atoms with Crippen LogP contribution in [-0.2, 0) is 6.18 Å². The molecular formula is C20H26F3N3OS. The summed E-state index contributed by atoms with van der Waals surface area (Å²) in [6.45, 7) is 11.2. The van der Waals surface area contributed by atoms with Gasteiger partial charge in [-0.25, -0.2) is 4.79 Å². The van der Waals surface area contributed by atoms with E-state index in [9.17, 15) is 18.0 Å². The number of hydrogen-bond donors (Lipinski definition) is 0. The van der Waals surface area contributed by atoms with Crippen LogP contribution < -0.4 is 4.80 Å². The molecule has 0 fully saturated rings. The first-order valence-corrected chi connectivity index (χ1v) is 9.99. The standard InChI is InChI=1S/C20H26F3N3OS/c1-13(2)10-25(11-14(3)4)18(27)24-19-26(12-15(5)28-19)17-8-6-16(7-9-17)20(21,22)23/h6-9,12-14H,10-11H2,1-5H3/b24-19-. The molecule has 0 saturated carbocycles. The number of amides is 2. The first-order chi connectivity index (χ1) is 13.0. The van der Waals surface area contributed by atoms with E-state index in [1.165, 1.54) is 23.5 Å². The molecule has 0 aliphatic heterocycles. The van der Waals surface area contributed by atoms with Gasteiger partial charge in [0.2, 0.25) is 0 Å². The van der Waals surface area contributed by atoms with Gasteiger partial charge >= 0.3 is 12.2 Å². The summed E-state index contributed by atoms with van der Waals surface area (Å²) in [5.41, 5.74) is -0.179. The van der Waals surface area contributed by atoms with Gasteiger partial charge < -0.3 is 4.90 Å². The number of aromatic nitrogens is 1. The van der Waals surface area contributed by atoms with Crippen molar-refractivity contribution in [1.82, 2.24) is 9.47 Å². The highest BCUT2D eigenvalue weighted by molar-refractivity contribution is 7.09. The van der Waals surface area contributed by atoms with Crippen LogP contribution in [0.25, 0.3) is 5.69 Å². The third-order valence-electron chi connectivity index (χ3n) is 3.87. The van der Waals surface area contributed by atoms with Crippen LogP contribution in [0.5, 0.6) is 0 Å². The SMILES string of the molecule is Cc1cn(-c2ccc(C(F)(F)F)cc2)/c(=N/C(=O)N(CC(C)C)CC(C)C)s1. The summed E-state index contributed by atoms with van der Waals surface area (Å²) >= 11 is 1.33. The number of carbonyl (C=O) groups is 1. The summed E-state index contributed by atoms with van der Waals surface area (Å²) in [4.78, 5) is 20.1. The number of nitrogens with zero attached hydrogens (tertiary/aromatic N) is 3. The van der Waals surface area contributed by atoms with E-state index in [0.717, 1.165) is 17.0 Å². The number of urea groups is 1. The molecule has 0 unspecified atom stereocenters. The zero-order chi connectivity index (χ0) is 21.1. The Morgan fingerprint density at radius 3 is 2.11 bits per heavy atom. The number of alkyl halides is 3. The largest absolute Gasteiger partial charge is 0.416 e. The highest BCUT2D eigenvalue weighted by Gasteiger charge is 2.30. The summed E-state index contributed by atoms with van der Waals surface area (Å²) in [6, 6.07) is 4.51. The third-order valence-corrected chi connectivity index (χ3v) is 4.77. The third kappa shape index (κ3) is 5.95. The lowest BCUT2D eigenvalue weighted by Gasteiger charge is -2.24. The van der Waals surface area contributed by atoms with Crippen molar-refractivity contribution in [2.45, 2.75) is 40.8 Å². The van der Waals surface area contributed by atoms with E-state index in [-0.39, 0.29) is 6.03 Å². The van der Waals surface area contributed by atoms with E-state index in [1.807, 2.05) is 34.6 Å². The monoisotopic (exact) mass is 413 g/mol. The van der Waals surface area contributed by atoms with Crippen LogP contribution in [0.2, 0.25) is 0 Å². The van der Waals surface area contributed by atoms with Gasteiger partial charge in [0, 0.05) is 29.9 Å². The van der Waals surface area contributed by atoms with Crippen molar-refractivity contribution in [2.75, 3.05) is 13.1 Å². The summed E-state index contributed by atoms with van der Waals surface area (Å²) < 4.78 is 40.1. The van der Waals surface area contributed by atoms with Gasteiger partial charge in [-0.05, 0) is 43.0 Å². The van der Waals surface area contributed by atoms with Crippen LogP contribution in [0.3, 0.4) is 0 Å². The fraction of sp³-hybridized carbons (Fsp3) is 0.500. The predicted molar refractivity (Wildman–Crippen MR) is 106 cm³/mol. The second kappa shape index (κ2) is 8.94. The zero-order valence-electron chi connectivity index (χ0n) is 16.7. The molecule has 0 atom stereocenters. The van der Waals surface area contributed by atoms with Crippen LogP contribution in [0, 0.1) is 18.8 Å². The van der Waals surface area contributed by atoms with Gasteiger partial charge in [-0.15, -0.1) is 11.3 Å². The second-order valence-corrected chi connectivity index (χ2v) is 8.84. The molecule has 154 valence electrons. The van der Waals surface area contributed by atoms with Gasteiger partial charge in [0.05, 0.1) is 5.56 Å². The average molecular weight is 414 g/mol. The number of thiazole rings is 1. The Morgan fingerprint density at radius 1 is 1.11 bits per heavy atom. The van der Waals surface area contributed by atoms with Crippen molar-refractivity contribution in [3.8, 4) is 5.69 Å². The van der Waals surface area contributed by atoms with Crippen molar-refractivity contribution < 1.29 is 18.0 Å². The van der Waals surface area contributed by atoms with Gasteiger partial charge in [0.15, 0.2) is 4.80 Å². The second-order valence-electron chi connectivity index (χ2n) is 7.63. The normalized spacial score (nSPS) is 12.9. The molecule has 1 aromatic heterocycles. The van der Waals surface area contributed by atoms with E-state index >= 15 is 0 Å². The van der Waals surface area contributed by atoms with Crippen LogP contribution in [0.1, 0.15) is 38.1 Å². The van der Waals surface area contributed by atoms with Crippen molar-refractivity contribution in [3.05, 3.63) is 45.7 Å². The molecule has 4 nitrogen and oxygen atoms in total. The molecule has 0 saturated heterocycles. The molecule has 2 amide bonds. The van der Waals surface area contributed by atoms with Crippen LogP contribution in [0.4, 0.5) is 18.0 Å². The first-order valence-electron chi connectivity index (χ1n) is 9.17. The van der Waals surface area contributed by atoms with Crippen molar-refractivity contribution >= 4 is 17.4 Å². The summed E-state index contributed by atoms with van der Waals surface area (Å²) in [5.74, 6) is 0.620. The van der Waals surface area contributed by atoms with E-state index in [0.29, 0.717) is 35.4 Å². The molecule has 28 heavy (non-hydrogen) atoms. The topological polar surface area (TPSA) is 37.6 Å². The molecule has 0 spiro atoms. The molecule has 0 N–H and O–H groups in total. The molecule has 1 heterocycles. The fourth-order valence-electron chi connectivity index (χ4n) is 2.79. The smallest absolute Gasteiger partial charge is 0.322 e. The van der Waals surface area contributed by atoms with Crippen molar-refractivity contribution in [1.29, 1.82) is 0 Å². The lowest BCUT2D eigenvalue weighted by Crippen LogP contribution is -2.36. The number of aryl methyl sites for hydroxylation is 1. The van der Waals surface area contributed by atoms with Crippen LogP contribution in [-0.4, -0.2) is 28.6 Å². The number of rotatable bonds is 5. The minimum Gasteiger partial charge on any atom is -0.322 e. The van der Waals surface area contributed by atoms with E-state index in [1.54, 1.807) is 15.7 Å². The summed E-state index contributed by atoms with van der Waals surface area (Å²) in [7, 11) is 0. The average Bonchev–Trinajstić information content (AvgIpc) is 2.93. The Hall–Kier alpha value is -2.09. The molecule has 8 heteroatoms. The molecule has 0 bridgehead atoms. The Balaban J connectivity index is 2.40. The first kappa shape index (κ1) is 22.2. The zero-order valence-corrected chi connectivity index (χ0v) is 17.6. The minimum absolute atomic E-state index is 0.310. The van der Waals surface area contributed by atoms with E-state index < -0.39 is 11.7 Å². The maximum absolute atomic E-state index is 12.8. The van der Waals surface area contributed by atoms with Gasteiger partial charge in [-0.2, -0.15) is 18.2 Å². The van der Waals surface area contributed by atoms with Gasteiger partial charge in [-0.1, -0.05) is 27.7 Å². The van der Waals surface area contributed by atoms with E-state index in [2.05, 4.69) is 4.99 Å². The summed E-state index contributed by atoms with van der Waals surface area (Å²) in [6.07, 6.45) is -2.61. The Morgan fingerprint density at radius 2 is 1.64 bits per heavy atom. The highest BCUT2D eigenvalue weighted by Crippen LogP contribution is 2.29. The van der Waals surface area contributed by atoms with Gasteiger partial charge in [0.25, 0.3) is 0 Å². The Kier molecular flexibility index (Phi) is 7.09. The molecule has 1 aromatic carbocycles. The Bertz CT molecular complexity index is 854. The van der Waals surface area contributed by atoms with E-state index in [4.69, 9.17) is 0 Å². The predicted octanol–water partition coefficient (Wildman–Crippen LogP) is 5.50. The molecule has 2 aromatic rings. The quantitative estimate of drug-likeness (QED) is 0.638.